The van der Waals surface area contributed by atoms with Crippen LogP contribution < -0.4 is 21.5 Å². The van der Waals surface area contributed by atoms with Crippen molar-refractivity contribution in [3.05, 3.63) is 65.2 Å². The summed E-state index contributed by atoms with van der Waals surface area (Å²) in [4.78, 5) is 2.23. The van der Waals surface area contributed by atoms with Gasteiger partial charge in [-0.3, -0.25) is 0 Å². The molecule has 4 nitrogen and oxygen atoms in total. The molecule has 108 valence electrons. The minimum absolute atomic E-state index is 0.749. The van der Waals surface area contributed by atoms with Crippen LogP contribution in [-0.4, -0.2) is 14.1 Å². The van der Waals surface area contributed by atoms with E-state index in [0.717, 1.165) is 34.8 Å². The van der Waals surface area contributed by atoms with Crippen molar-refractivity contribution in [1.82, 2.24) is 10.9 Å². The zero-order valence-corrected chi connectivity index (χ0v) is 12.4. The number of hydrogen-bond donors (Lipinski definition) is 3. The van der Waals surface area contributed by atoms with Gasteiger partial charge in [-0.2, -0.15) is 0 Å². The summed E-state index contributed by atoms with van der Waals surface area (Å²) in [5.41, 5.74) is 18.9. The molecule has 1 aliphatic heterocycles. The lowest BCUT2D eigenvalue weighted by Gasteiger charge is -2.28. The molecule has 21 heavy (non-hydrogen) atoms. The van der Waals surface area contributed by atoms with Crippen LogP contribution in [0.3, 0.4) is 0 Å². The minimum Gasteiger partial charge on any atom is -0.396 e. The van der Waals surface area contributed by atoms with Crippen LogP contribution in [0.15, 0.2) is 48.5 Å². The van der Waals surface area contributed by atoms with Crippen LogP contribution in [0.1, 0.15) is 16.7 Å². The van der Waals surface area contributed by atoms with Gasteiger partial charge >= 0.3 is 0 Å². The molecule has 0 saturated heterocycles. The first-order valence-corrected chi connectivity index (χ1v) is 7.03. The largest absolute Gasteiger partial charge is 0.396 e. The number of nitrogens with one attached hydrogen (secondary N) is 2. The first-order valence-electron chi connectivity index (χ1n) is 7.03. The van der Waals surface area contributed by atoms with Gasteiger partial charge in [-0.25, -0.2) is 5.43 Å². The second-order valence-corrected chi connectivity index (χ2v) is 5.19. The topological polar surface area (TPSA) is 53.3 Å². The van der Waals surface area contributed by atoms with Crippen LogP contribution in [0.5, 0.6) is 0 Å². The molecule has 3 rings (SSSR count). The molecule has 0 spiro atoms. The van der Waals surface area contributed by atoms with Gasteiger partial charge in [0.05, 0.1) is 11.4 Å². The Hall–Kier alpha value is -2.46. The van der Waals surface area contributed by atoms with Gasteiger partial charge in [0, 0.05) is 37.5 Å². The van der Waals surface area contributed by atoms with E-state index < -0.39 is 0 Å². The molecule has 2 aromatic carbocycles. The highest BCUT2D eigenvalue weighted by atomic mass is 15.3. The van der Waals surface area contributed by atoms with Crippen LogP contribution in [-0.2, 0) is 6.54 Å². The Balaban J connectivity index is 2.29. The van der Waals surface area contributed by atoms with Crippen molar-refractivity contribution < 1.29 is 0 Å². The monoisotopic (exact) mass is 280 g/mol. The van der Waals surface area contributed by atoms with E-state index in [0.29, 0.717) is 0 Å². The lowest BCUT2D eigenvalue weighted by atomic mass is 9.97. The molecule has 0 aromatic heterocycles. The number of rotatable bonds is 2. The number of nitrogens with two attached hydrogens (primary N) is 1. The number of hydrazine groups is 1. The van der Waals surface area contributed by atoms with Gasteiger partial charge < -0.3 is 16.1 Å². The van der Waals surface area contributed by atoms with Gasteiger partial charge in [0.1, 0.15) is 0 Å². The number of fused-ring (bicyclic) bond motifs is 2. The molecule has 0 unspecified atom stereocenters. The zero-order chi connectivity index (χ0) is 14.8. The fourth-order valence-electron chi connectivity index (χ4n) is 2.82. The summed E-state index contributed by atoms with van der Waals surface area (Å²) in [5, 5.41) is 0. The number of hydrogen-bond acceptors (Lipinski definition) is 4. The molecule has 1 aliphatic rings. The third kappa shape index (κ3) is 2.34. The fourth-order valence-corrected chi connectivity index (χ4v) is 2.82. The average molecular weight is 280 g/mol. The van der Waals surface area contributed by atoms with E-state index in [4.69, 9.17) is 5.73 Å². The number of anilines is 1. The molecule has 0 atom stereocenters. The number of benzene rings is 2. The Labute approximate surface area is 125 Å². The quantitative estimate of drug-likeness (QED) is 0.738. The van der Waals surface area contributed by atoms with Crippen molar-refractivity contribution in [1.29, 1.82) is 0 Å². The highest BCUT2D eigenvalue weighted by Crippen LogP contribution is 2.33. The van der Waals surface area contributed by atoms with Crippen molar-refractivity contribution in [3.8, 4) is 0 Å². The van der Waals surface area contributed by atoms with E-state index in [1.165, 1.54) is 5.56 Å². The molecule has 4 N–H and O–H groups in total. The van der Waals surface area contributed by atoms with Crippen LogP contribution in [0.2, 0.25) is 0 Å². The Morgan fingerprint density at radius 3 is 2.43 bits per heavy atom. The smallest absolute Gasteiger partial charge is 0.0801 e. The molecule has 1 heterocycles. The summed E-state index contributed by atoms with van der Waals surface area (Å²) in [6, 6.07) is 16.6. The van der Waals surface area contributed by atoms with Gasteiger partial charge in [-0.15, -0.1) is 0 Å². The maximum Gasteiger partial charge on any atom is 0.0801 e. The fraction of sp³-hybridized carbons (Fsp3) is 0.176. The van der Waals surface area contributed by atoms with Crippen LogP contribution in [0, 0.1) is 0 Å². The van der Waals surface area contributed by atoms with Gasteiger partial charge in [0.15, 0.2) is 0 Å². The molecule has 0 saturated carbocycles. The molecule has 0 radical (unpaired) electrons. The normalized spacial score (nSPS) is 17.5. The second kappa shape index (κ2) is 5.50. The minimum atomic E-state index is 0.749. The summed E-state index contributed by atoms with van der Waals surface area (Å²) in [6.07, 6.45) is 0. The van der Waals surface area contributed by atoms with E-state index in [9.17, 15) is 0 Å². The van der Waals surface area contributed by atoms with Crippen molar-refractivity contribution in [2.24, 2.45) is 5.73 Å². The Morgan fingerprint density at radius 2 is 1.67 bits per heavy atom. The molecule has 0 fully saturated rings. The van der Waals surface area contributed by atoms with Crippen molar-refractivity contribution >= 4 is 17.1 Å². The molecule has 4 heteroatoms. The van der Waals surface area contributed by atoms with Crippen LogP contribution >= 0.6 is 0 Å². The second-order valence-electron chi connectivity index (χ2n) is 5.19. The van der Waals surface area contributed by atoms with Gasteiger partial charge in [0.25, 0.3) is 0 Å². The highest BCUT2D eigenvalue weighted by molar-refractivity contribution is 5.93. The number of nitrogens with zero attached hydrogens (tertiary/aromatic N) is 1. The first-order chi connectivity index (χ1) is 10.2. The SMILES string of the molecule is CNN/C1=C(\N)c2ccccc2N(C)Cc2ccccc21. The van der Waals surface area contributed by atoms with E-state index in [-0.39, 0.29) is 0 Å². The third-order valence-electron chi connectivity index (χ3n) is 3.82. The summed E-state index contributed by atoms with van der Waals surface area (Å²) in [6.45, 7) is 0.843. The Bertz CT molecular complexity index is 691. The summed E-state index contributed by atoms with van der Waals surface area (Å²) >= 11 is 0. The van der Waals surface area contributed by atoms with Gasteiger partial charge in [0.2, 0.25) is 0 Å². The Morgan fingerprint density at radius 1 is 1.00 bits per heavy atom. The van der Waals surface area contributed by atoms with Gasteiger partial charge in [-0.05, 0) is 11.6 Å². The summed E-state index contributed by atoms with van der Waals surface area (Å²) in [7, 11) is 3.94. The molecule has 0 aliphatic carbocycles. The highest BCUT2D eigenvalue weighted by Gasteiger charge is 2.20. The molecule has 2 aromatic rings. The lowest BCUT2D eigenvalue weighted by Crippen LogP contribution is -2.31. The first kappa shape index (κ1) is 13.5. The van der Waals surface area contributed by atoms with Gasteiger partial charge in [-0.1, -0.05) is 42.5 Å². The van der Waals surface area contributed by atoms with Crippen molar-refractivity contribution in [3.63, 3.8) is 0 Å². The van der Waals surface area contributed by atoms with Crippen LogP contribution in [0.25, 0.3) is 11.4 Å². The molecular formula is C17H20N4. The van der Waals surface area contributed by atoms with E-state index in [1.807, 2.05) is 25.2 Å². The van der Waals surface area contributed by atoms with Crippen LogP contribution in [0.4, 0.5) is 5.69 Å². The predicted molar refractivity (Wildman–Crippen MR) is 88.2 cm³/mol. The summed E-state index contributed by atoms with van der Waals surface area (Å²) in [5.74, 6) is 0. The van der Waals surface area contributed by atoms with E-state index in [2.05, 4.69) is 53.1 Å². The third-order valence-corrected chi connectivity index (χ3v) is 3.82. The predicted octanol–water partition coefficient (Wildman–Crippen LogP) is 2.14. The lowest BCUT2D eigenvalue weighted by molar-refractivity contribution is 0.745. The Kier molecular flexibility index (Phi) is 3.54. The zero-order valence-electron chi connectivity index (χ0n) is 12.4. The molecule has 0 amide bonds. The van der Waals surface area contributed by atoms with Crippen molar-refractivity contribution in [2.75, 3.05) is 19.0 Å². The maximum atomic E-state index is 6.47. The average Bonchev–Trinajstić information content (AvgIpc) is 2.52. The maximum absolute atomic E-state index is 6.47. The summed E-state index contributed by atoms with van der Waals surface area (Å²) < 4.78 is 0. The van der Waals surface area contributed by atoms with E-state index >= 15 is 0 Å². The van der Waals surface area contributed by atoms with Crippen molar-refractivity contribution in [2.45, 2.75) is 6.54 Å². The molecular weight excluding hydrogens is 260 g/mol. The molecule has 0 bridgehead atoms. The standard InChI is InChI=1S/C17H20N4/c1-19-20-17-13-8-4-3-7-12(13)11-21(2)15-10-6-5-9-14(15)16(17)18/h3-10,19-20H,11,18H2,1-2H3/b17-16-. The van der Waals surface area contributed by atoms with E-state index in [1.54, 1.807) is 0 Å². The number of para-hydroxylation sites is 1.